The maximum atomic E-state index is 8.84. The molecule has 0 amide bonds. The fraction of sp³-hybridized carbons (Fsp3) is 0.533. The van der Waals surface area contributed by atoms with Gasteiger partial charge in [-0.15, -0.1) is 0 Å². The lowest BCUT2D eigenvalue weighted by molar-refractivity contribution is 0.113. The van der Waals surface area contributed by atoms with E-state index >= 15 is 0 Å². The highest BCUT2D eigenvalue weighted by atomic mass is 16.5. The zero-order valence-corrected chi connectivity index (χ0v) is 10.8. The van der Waals surface area contributed by atoms with Gasteiger partial charge in [-0.1, -0.05) is 30.3 Å². The van der Waals surface area contributed by atoms with Crippen molar-refractivity contribution in [2.24, 2.45) is 5.41 Å². The predicted molar refractivity (Wildman–Crippen MR) is 69.6 cm³/mol. The van der Waals surface area contributed by atoms with E-state index in [1.165, 1.54) is 5.56 Å². The summed E-state index contributed by atoms with van der Waals surface area (Å²) in [5.41, 5.74) is 1.09. The third kappa shape index (κ3) is 6.09. The Kier molecular flexibility index (Phi) is 5.72. The first-order valence-electron chi connectivity index (χ1n) is 6.17. The Balaban J connectivity index is 2.04. The highest BCUT2D eigenvalue weighted by Gasteiger charge is 2.15. The number of rotatable bonds is 7. The standard InChI is InChI=1S/C15H21NO/c1-15(2,13-16)10-12-17-11-6-9-14-7-4-3-5-8-14/h3-5,7-8H,6,9-12H2,1-2H3. The zero-order chi connectivity index (χ0) is 12.6. The SMILES string of the molecule is CC(C)(C#N)CCOCCCc1ccccc1. The normalized spacial score (nSPS) is 11.1. The fourth-order valence-corrected chi connectivity index (χ4v) is 1.51. The first kappa shape index (κ1) is 13.7. The molecule has 0 spiro atoms. The van der Waals surface area contributed by atoms with Crippen molar-refractivity contribution in [3.8, 4) is 6.07 Å². The molecule has 2 heteroatoms. The van der Waals surface area contributed by atoms with Crippen LogP contribution >= 0.6 is 0 Å². The van der Waals surface area contributed by atoms with Crippen molar-refractivity contribution < 1.29 is 4.74 Å². The van der Waals surface area contributed by atoms with Gasteiger partial charge in [0.1, 0.15) is 0 Å². The molecule has 2 nitrogen and oxygen atoms in total. The second-order valence-electron chi connectivity index (χ2n) is 4.95. The number of nitrogens with zero attached hydrogens (tertiary/aromatic N) is 1. The molecule has 0 radical (unpaired) electrons. The maximum absolute atomic E-state index is 8.84. The molecule has 0 aliphatic heterocycles. The average Bonchev–Trinajstić information content (AvgIpc) is 2.35. The Morgan fingerprint density at radius 2 is 1.88 bits per heavy atom. The minimum atomic E-state index is -0.264. The van der Waals surface area contributed by atoms with Crippen LogP contribution in [0.5, 0.6) is 0 Å². The molecule has 0 N–H and O–H groups in total. The van der Waals surface area contributed by atoms with Gasteiger partial charge in [-0.2, -0.15) is 5.26 Å². The molecule has 0 saturated carbocycles. The van der Waals surface area contributed by atoms with Crippen molar-refractivity contribution in [2.45, 2.75) is 33.1 Å². The van der Waals surface area contributed by atoms with Crippen molar-refractivity contribution in [3.63, 3.8) is 0 Å². The zero-order valence-electron chi connectivity index (χ0n) is 10.8. The number of ether oxygens (including phenoxy) is 1. The van der Waals surface area contributed by atoms with Crippen LogP contribution in [0, 0.1) is 16.7 Å². The van der Waals surface area contributed by atoms with E-state index < -0.39 is 0 Å². The molecular weight excluding hydrogens is 210 g/mol. The molecule has 1 aromatic carbocycles. The van der Waals surface area contributed by atoms with Gasteiger partial charge in [-0.3, -0.25) is 0 Å². The van der Waals surface area contributed by atoms with Crippen LogP contribution in [0.3, 0.4) is 0 Å². The summed E-state index contributed by atoms with van der Waals surface area (Å²) in [6, 6.07) is 12.7. The number of benzene rings is 1. The van der Waals surface area contributed by atoms with Gasteiger partial charge in [0.2, 0.25) is 0 Å². The van der Waals surface area contributed by atoms with E-state index in [1.54, 1.807) is 0 Å². The van der Waals surface area contributed by atoms with E-state index in [0.29, 0.717) is 6.61 Å². The minimum absolute atomic E-state index is 0.264. The van der Waals surface area contributed by atoms with Crippen LogP contribution in [-0.4, -0.2) is 13.2 Å². The van der Waals surface area contributed by atoms with E-state index in [2.05, 4.69) is 30.3 Å². The van der Waals surface area contributed by atoms with E-state index in [-0.39, 0.29) is 5.41 Å². The van der Waals surface area contributed by atoms with Crippen LogP contribution in [0.25, 0.3) is 0 Å². The van der Waals surface area contributed by atoms with Crippen LogP contribution in [0.1, 0.15) is 32.3 Å². The lowest BCUT2D eigenvalue weighted by Crippen LogP contribution is -2.12. The largest absolute Gasteiger partial charge is 0.381 e. The Morgan fingerprint density at radius 3 is 2.53 bits per heavy atom. The molecule has 1 rings (SSSR count). The highest BCUT2D eigenvalue weighted by Crippen LogP contribution is 2.18. The second-order valence-corrected chi connectivity index (χ2v) is 4.95. The molecule has 0 heterocycles. The van der Waals surface area contributed by atoms with Crippen LogP contribution in [0.4, 0.5) is 0 Å². The number of nitriles is 1. The predicted octanol–water partition coefficient (Wildman–Crippen LogP) is 3.58. The Labute approximate surface area is 104 Å². The van der Waals surface area contributed by atoms with E-state index in [9.17, 15) is 0 Å². The summed E-state index contributed by atoms with van der Waals surface area (Å²) in [4.78, 5) is 0. The smallest absolute Gasteiger partial charge is 0.0684 e. The third-order valence-electron chi connectivity index (χ3n) is 2.77. The minimum Gasteiger partial charge on any atom is -0.381 e. The monoisotopic (exact) mass is 231 g/mol. The third-order valence-corrected chi connectivity index (χ3v) is 2.77. The molecule has 0 bridgehead atoms. The summed E-state index contributed by atoms with van der Waals surface area (Å²) in [7, 11) is 0. The summed E-state index contributed by atoms with van der Waals surface area (Å²) in [6.45, 7) is 5.34. The van der Waals surface area contributed by atoms with E-state index in [1.807, 2.05) is 19.9 Å². The van der Waals surface area contributed by atoms with E-state index in [0.717, 1.165) is 25.9 Å². The van der Waals surface area contributed by atoms with Gasteiger partial charge < -0.3 is 4.74 Å². The second kappa shape index (κ2) is 7.09. The first-order valence-corrected chi connectivity index (χ1v) is 6.17. The Bertz CT molecular complexity index is 351. The van der Waals surface area contributed by atoms with Gasteiger partial charge in [0.25, 0.3) is 0 Å². The van der Waals surface area contributed by atoms with Crippen molar-refractivity contribution in [3.05, 3.63) is 35.9 Å². The Morgan fingerprint density at radius 1 is 1.18 bits per heavy atom. The summed E-state index contributed by atoms with van der Waals surface area (Å²) in [6.07, 6.45) is 2.90. The van der Waals surface area contributed by atoms with Gasteiger partial charge in [0, 0.05) is 13.2 Å². The number of aryl methyl sites for hydroxylation is 1. The molecule has 0 fully saturated rings. The van der Waals surface area contributed by atoms with Gasteiger partial charge in [-0.25, -0.2) is 0 Å². The number of hydrogen-bond acceptors (Lipinski definition) is 2. The fourth-order valence-electron chi connectivity index (χ4n) is 1.51. The summed E-state index contributed by atoms with van der Waals surface area (Å²) < 4.78 is 5.54. The van der Waals surface area contributed by atoms with Crippen molar-refractivity contribution in [1.82, 2.24) is 0 Å². The van der Waals surface area contributed by atoms with Crippen LogP contribution in [0.2, 0.25) is 0 Å². The first-order chi connectivity index (χ1) is 8.14. The molecule has 0 aliphatic rings. The molecule has 17 heavy (non-hydrogen) atoms. The Hall–Kier alpha value is -1.33. The molecule has 0 aliphatic carbocycles. The topological polar surface area (TPSA) is 33.0 Å². The molecular formula is C15H21NO. The molecule has 92 valence electrons. The van der Waals surface area contributed by atoms with Gasteiger partial charge in [0.15, 0.2) is 0 Å². The lowest BCUT2D eigenvalue weighted by atomic mass is 9.92. The maximum Gasteiger partial charge on any atom is 0.0684 e. The summed E-state index contributed by atoms with van der Waals surface area (Å²) in [5, 5.41) is 8.84. The lowest BCUT2D eigenvalue weighted by Gasteiger charge is -2.14. The molecule has 0 saturated heterocycles. The average molecular weight is 231 g/mol. The van der Waals surface area contributed by atoms with E-state index in [4.69, 9.17) is 10.00 Å². The molecule has 0 unspecified atom stereocenters. The van der Waals surface area contributed by atoms with Crippen LogP contribution < -0.4 is 0 Å². The molecule has 1 aromatic rings. The van der Waals surface area contributed by atoms with Crippen molar-refractivity contribution in [1.29, 1.82) is 5.26 Å². The number of hydrogen-bond donors (Lipinski definition) is 0. The highest BCUT2D eigenvalue weighted by molar-refractivity contribution is 5.14. The summed E-state index contributed by atoms with van der Waals surface area (Å²) in [5.74, 6) is 0. The summed E-state index contributed by atoms with van der Waals surface area (Å²) >= 11 is 0. The van der Waals surface area contributed by atoms with Crippen molar-refractivity contribution >= 4 is 0 Å². The van der Waals surface area contributed by atoms with Gasteiger partial charge in [-0.05, 0) is 38.7 Å². The molecule has 0 aromatic heterocycles. The molecule has 0 atom stereocenters. The van der Waals surface area contributed by atoms with Crippen molar-refractivity contribution in [2.75, 3.05) is 13.2 Å². The van der Waals surface area contributed by atoms with Crippen LogP contribution in [-0.2, 0) is 11.2 Å². The quantitative estimate of drug-likeness (QED) is 0.672. The van der Waals surface area contributed by atoms with Crippen LogP contribution in [0.15, 0.2) is 30.3 Å². The van der Waals surface area contributed by atoms with Gasteiger partial charge >= 0.3 is 0 Å². The van der Waals surface area contributed by atoms with Gasteiger partial charge in [0.05, 0.1) is 11.5 Å².